The van der Waals surface area contributed by atoms with E-state index in [1.165, 1.54) is 0 Å². The van der Waals surface area contributed by atoms with Gasteiger partial charge in [0.2, 0.25) is 0 Å². The number of hydrogen-bond donors (Lipinski definition) is 0. The van der Waals surface area contributed by atoms with E-state index in [2.05, 4.69) is 0 Å². The Bertz CT molecular complexity index is 333. The summed E-state index contributed by atoms with van der Waals surface area (Å²) in [5, 5.41) is 0. The van der Waals surface area contributed by atoms with Gasteiger partial charge in [-0.25, -0.2) is 0 Å². The summed E-state index contributed by atoms with van der Waals surface area (Å²) < 4.78 is 10.6. The van der Waals surface area contributed by atoms with Crippen molar-refractivity contribution in [1.29, 1.82) is 0 Å². The van der Waals surface area contributed by atoms with Gasteiger partial charge in [0.1, 0.15) is 5.75 Å². The second kappa shape index (κ2) is 6.94. The van der Waals surface area contributed by atoms with Gasteiger partial charge in [0.15, 0.2) is 0 Å². The molecular weight excluding hydrogens is 216 g/mol. The van der Waals surface area contributed by atoms with Crippen molar-refractivity contribution in [3.05, 3.63) is 30.3 Å². The maximum absolute atomic E-state index is 11.5. The lowest BCUT2D eigenvalue weighted by molar-refractivity contribution is -0.152. The third-order valence-electron chi connectivity index (χ3n) is 2.32. The fourth-order valence-corrected chi connectivity index (χ4v) is 1.34. The molecule has 1 unspecified atom stereocenters. The van der Waals surface area contributed by atoms with Crippen LogP contribution in [0.3, 0.4) is 0 Å². The van der Waals surface area contributed by atoms with E-state index in [-0.39, 0.29) is 18.0 Å². The molecule has 1 aromatic carbocycles. The summed E-state index contributed by atoms with van der Waals surface area (Å²) in [4.78, 5) is 11.5. The minimum absolute atomic E-state index is 0.0556. The Morgan fingerprint density at radius 1 is 1.18 bits per heavy atom. The normalized spacial score (nSPS) is 12.2. The van der Waals surface area contributed by atoms with E-state index in [4.69, 9.17) is 9.47 Å². The maximum atomic E-state index is 11.5. The molecule has 0 spiro atoms. The van der Waals surface area contributed by atoms with Crippen molar-refractivity contribution < 1.29 is 14.3 Å². The van der Waals surface area contributed by atoms with Crippen LogP contribution < -0.4 is 4.74 Å². The van der Waals surface area contributed by atoms with E-state index in [9.17, 15) is 4.79 Å². The summed E-state index contributed by atoms with van der Waals surface area (Å²) >= 11 is 0. The van der Waals surface area contributed by atoms with E-state index in [1.54, 1.807) is 0 Å². The Balaban J connectivity index is 2.24. The molecule has 94 valence electrons. The minimum atomic E-state index is -0.156. The van der Waals surface area contributed by atoms with Gasteiger partial charge in [-0.2, -0.15) is 0 Å². The largest absolute Gasteiger partial charge is 0.494 e. The van der Waals surface area contributed by atoms with Crippen molar-refractivity contribution in [2.45, 2.75) is 33.3 Å². The van der Waals surface area contributed by atoms with Crippen molar-refractivity contribution in [2.24, 2.45) is 5.92 Å². The Labute approximate surface area is 103 Å². The highest BCUT2D eigenvalue weighted by atomic mass is 16.5. The van der Waals surface area contributed by atoms with Gasteiger partial charge in [-0.05, 0) is 32.4 Å². The van der Waals surface area contributed by atoms with Gasteiger partial charge in [-0.15, -0.1) is 0 Å². The van der Waals surface area contributed by atoms with Gasteiger partial charge < -0.3 is 9.47 Å². The number of benzene rings is 1. The van der Waals surface area contributed by atoms with E-state index in [0.29, 0.717) is 13.0 Å². The summed E-state index contributed by atoms with van der Waals surface area (Å²) in [5.74, 6) is 0.551. The third-order valence-corrected chi connectivity index (χ3v) is 2.32. The van der Waals surface area contributed by atoms with Gasteiger partial charge in [0.25, 0.3) is 0 Å². The molecule has 0 N–H and O–H groups in total. The molecule has 17 heavy (non-hydrogen) atoms. The Kier molecular flexibility index (Phi) is 5.53. The van der Waals surface area contributed by atoms with E-state index in [1.807, 2.05) is 51.1 Å². The second-order valence-corrected chi connectivity index (χ2v) is 4.34. The number of rotatable bonds is 6. The lowest BCUT2D eigenvalue weighted by Gasteiger charge is -2.14. The molecule has 0 aliphatic rings. The van der Waals surface area contributed by atoms with Crippen LogP contribution in [0.15, 0.2) is 30.3 Å². The van der Waals surface area contributed by atoms with Crippen LogP contribution >= 0.6 is 0 Å². The molecule has 0 saturated heterocycles. The molecule has 3 heteroatoms. The standard InChI is InChI=1S/C14H20O3/c1-11(2)17-14(15)12(3)9-10-16-13-7-5-4-6-8-13/h4-8,11-12H,9-10H2,1-3H3. The summed E-state index contributed by atoms with van der Waals surface area (Å²) in [6, 6.07) is 9.58. The first-order valence-corrected chi connectivity index (χ1v) is 5.98. The number of esters is 1. The summed E-state index contributed by atoms with van der Waals surface area (Å²) in [7, 11) is 0. The first-order valence-electron chi connectivity index (χ1n) is 5.98. The number of carbonyl (C=O) groups is 1. The Morgan fingerprint density at radius 3 is 2.41 bits per heavy atom. The lowest BCUT2D eigenvalue weighted by atomic mass is 10.1. The van der Waals surface area contributed by atoms with Gasteiger partial charge in [-0.3, -0.25) is 4.79 Å². The van der Waals surface area contributed by atoms with E-state index in [0.717, 1.165) is 5.75 Å². The topological polar surface area (TPSA) is 35.5 Å². The molecule has 0 aliphatic heterocycles. The summed E-state index contributed by atoms with van der Waals surface area (Å²) in [5.41, 5.74) is 0. The zero-order chi connectivity index (χ0) is 12.7. The average molecular weight is 236 g/mol. The van der Waals surface area contributed by atoms with Crippen molar-refractivity contribution in [2.75, 3.05) is 6.61 Å². The molecule has 3 nitrogen and oxygen atoms in total. The van der Waals surface area contributed by atoms with Crippen LogP contribution in [-0.4, -0.2) is 18.7 Å². The molecule has 0 saturated carbocycles. The molecule has 0 bridgehead atoms. The van der Waals surface area contributed by atoms with Gasteiger partial charge in [0.05, 0.1) is 18.6 Å². The first-order chi connectivity index (χ1) is 8.09. The molecule has 0 heterocycles. The number of carbonyl (C=O) groups excluding carboxylic acids is 1. The molecule has 0 amide bonds. The van der Waals surface area contributed by atoms with Crippen LogP contribution in [0.5, 0.6) is 5.75 Å². The van der Waals surface area contributed by atoms with Crippen LogP contribution in [0.25, 0.3) is 0 Å². The smallest absolute Gasteiger partial charge is 0.309 e. The van der Waals surface area contributed by atoms with Crippen LogP contribution in [-0.2, 0) is 9.53 Å². The fraction of sp³-hybridized carbons (Fsp3) is 0.500. The quantitative estimate of drug-likeness (QED) is 0.712. The second-order valence-electron chi connectivity index (χ2n) is 4.34. The first kappa shape index (κ1) is 13.6. The number of para-hydroxylation sites is 1. The summed E-state index contributed by atoms with van der Waals surface area (Å²) in [6.45, 7) is 6.09. The minimum Gasteiger partial charge on any atom is -0.494 e. The molecule has 0 aromatic heterocycles. The lowest BCUT2D eigenvalue weighted by Crippen LogP contribution is -2.20. The molecule has 1 aromatic rings. The van der Waals surface area contributed by atoms with Crippen molar-refractivity contribution in [1.82, 2.24) is 0 Å². The molecule has 1 atom stereocenters. The molecule has 0 radical (unpaired) electrons. The van der Waals surface area contributed by atoms with E-state index < -0.39 is 0 Å². The van der Waals surface area contributed by atoms with Crippen LogP contribution in [0.4, 0.5) is 0 Å². The monoisotopic (exact) mass is 236 g/mol. The van der Waals surface area contributed by atoms with Gasteiger partial charge >= 0.3 is 5.97 Å². The van der Waals surface area contributed by atoms with Gasteiger partial charge in [0, 0.05) is 0 Å². The van der Waals surface area contributed by atoms with Gasteiger partial charge in [-0.1, -0.05) is 25.1 Å². The van der Waals surface area contributed by atoms with Crippen LogP contribution in [0, 0.1) is 5.92 Å². The number of ether oxygens (including phenoxy) is 2. The highest BCUT2D eigenvalue weighted by molar-refractivity contribution is 5.72. The third kappa shape index (κ3) is 5.38. The van der Waals surface area contributed by atoms with Crippen molar-refractivity contribution in [3.8, 4) is 5.75 Å². The van der Waals surface area contributed by atoms with Crippen LogP contribution in [0.1, 0.15) is 27.2 Å². The number of hydrogen-bond acceptors (Lipinski definition) is 3. The van der Waals surface area contributed by atoms with E-state index >= 15 is 0 Å². The zero-order valence-corrected chi connectivity index (χ0v) is 10.7. The Hall–Kier alpha value is -1.51. The molecule has 0 aliphatic carbocycles. The Morgan fingerprint density at radius 2 is 1.82 bits per heavy atom. The highest BCUT2D eigenvalue weighted by Crippen LogP contribution is 2.11. The maximum Gasteiger partial charge on any atom is 0.309 e. The molecular formula is C14H20O3. The van der Waals surface area contributed by atoms with Crippen molar-refractivity contribution in [3.63, 3.8) is 0 Å². The fourth-order valence-electron chi connectivity index (χ4n) is 1.34. The highest BCUT2D eigenvalue weighted by Gasteiger charge is 2.15. The predicted octanol–water partition coefficient (Wildman–Crippen LogP) is 3.04. The molecule has 0 fully saturated rings. The SMILES string of the molecule is CC(C)OC(=O)C(C)CCOc1ccccc1. The van der Waals surface area contributed by atoms with Crippen LogP contribution in [0.2, 0.25) is 0 Å². The summed E-state index contributed by atoms with van der Waals surface area (Å²) in [6.07, 6.45) is 0.612. The van der Waals surface area contributed by atoms with Crippen molar-refractivity contribution >= 4 is 5.97 Å². The molecule has 1 rings (SSSR count). The average Bonchev–Trinajstić information content (AvgIpc) is 2.29. The zero-order valence-electron chi connectivity index (χ0n) is 10.7. The predicted molar refractivity (Wildman–Crippen MR) is 66.9 cm³/mol.